The highest BCUT2D eigenvalue weighted by Gasteiger charge is 2.50. The first kappa shape index (κ1) is 24.4. The number of ether oxygens (including phenoxy) is 1. The number of hydrogen-bond acceptors (Lipinski definition) is 6. The van der Waals surface area contributed by atoms with E-state index >= 15 is 0 Å². The van der Waals surface area contributed by atoms with Crippen molar-refractivity contribution in [3.05, 3.63) is 0 Å². The third kappa shape index (κ3) is 6.73. The molecular weight excluding hydrogens is 369 g/mol. The molecule has 0 amide bonds. The predicted octanol–water partition coefficient (Wildman–Crippen LogP) is 2.76. The maximum atomic E-state index is 12.4. The summed E-state index contributed by atoms with van der Waals surface area (Å²) in [5.74, 6) is -0.396. The average Bonchev–Trinajstić information content (AvgIpc) is 2.77. The molecule has 0 spiro atoms. The quantitative estimate of drug-likeness (QED) is 0.323. The zero-order chi connectivity index (χ0) is 20.9. The molecule has 0 aromatic heterocycles. The Morgan fingerprint density at radius 3 is 2.15 bits per heavy atom. The number of unbranched alkanes of at least 4 members (excludes halogenated alkanes) is 1. The Morgan fingerprint density at radius 1 is 1.11 bits per heavy atom. The molecule has 1 heterocycles. The van der Waals surface area contributed by atoms with Crippen LogP contribution in [0.5, 0.6) is 0 Å². The summed E-state index contributed by atoms with van der Waals surface area (Å²) in [6.45, 7) is 13.4. The molecule has 7 nitrogen and oxygen atoms in total. The van der Waals surface area contributed by atoms with Crippen molar-refractivity contribution < 1.29 is 27.3 Å². The second-order valence-corrected chi connectivity index (χ2v) is 10.5. The maximum absolute atomic E-state index is 12.4. The van der Waals surface area contributed by atoms with Gasteiger partial charge in [-0.15, -0.1) is 0 Å². The minimum atomic E-state index is -3.37. The Hall–Kier alpha value is -0.635. The van der Waals surface area contributed by atoms with Gasteiger partial charge in [0, 0.05) is 6.54 Å². The summed E-state index contributed by atoms with van der Waals surface area (Å²) in [5.41, 5.74) is -1.60. The number of hydrogen-bond donors (Lipinski definition) is 1. The Balaban J connectivity index is 2.58. The van der Waals surface area contributed by atoms with E-state index in [9.17, 15) is 13.2 Å². The molecule has 1 atom stereocenters. The lowest BCUT2D eigenvalue weighted by Crippen LogP contribution is -2.42. The minimum Gasteiger partial charge on any atom is -0.466 e. The van der Waals surface area contributed by atoms with Gasteiger partial charge >= 0.3 is 13.1 Å². The molecule has 0 aliphatic carbocycles. The van der Waals surface area contributed by atoms with Crippen molar-refractivity contribution in [2.75, 3.05) is 18.9 Å². The molecule has 1 rings (SSSR count). The lowest BCUT2D eigenvalue weighted by atomic mass is 9.79. The van der Waals surface area contributed by atoms with Crippen LogP contribution in [0.3, 0.4) is 0 Å². The van der Waals surface area contributed by atoms with Crippen LogP contribution in [0.25, 0.3) is 0 Å². The first-order valence-electron chi connectivity index (χ1n) is 9.79. The number of sulfonamides is 1. The van der Waals surface area contributed by atoms with Crippen LogP contribution in [-0.2, 0) is 28.9 Å². The van der Waals surface area contributed by atoms with Gasteiger partial charge in [-0.05, 0) is 61.2 Å². The molecule has 1 aliphatic heterocycles. The summed E-state index contributed by atoms with van der Waals surface area (Å²) in [6, 6.07) is 0. The molecule has 0 bridgehead atoms. The van der Waals surface area contributed by atoms with E-state index in [1.165, 1.54) is 0 Å². The SMILES string of the molecule is CCOC(=O)C(C)(CCCCB1OC(C)(C)C(C)(C)O1)CNS(=O)(=O)CC. The zero-order valence-electron chi connectivity index (χ0n) is 17.9. The molecule has 158 valence electrons. The van der Waals surface area contributed by atoms with Crippen molar-refractivity contribution in [1.82, 2.24) is 4.72 Å². The molecular formula is C18H36BNO6S. The van der Waals surface area contributed by atoms with Crippen LogP contribution in [0.2, 0.25) is 6.32 Å². The van der Waals surface area contributed by atoms with E-state index < -0.39 is 15.4 Å². The summed E-state index contributed by atoms with van der Waals surface area (Å²) < 4.78 is 43.2. The molecule has 27 heavy (non-hydrogen) atoms. The highest BCUT2D eigenvalue weighted by molar-refractivity contribution is 7.89. The van der Waals surface area contributed by atoms with Crippen molar-refractivity contribution in [3.8, 4) is 0 Å². The van der Waals surface area contributed by atoms with Gasteiger partial charge in [-0.25, -0.2) is 13.1 Å². The molecule has 1 N–H and O–H groups in total. The van der Waals surface area contributed by atoms with Crippen LogP contribution >= 0.6 is 0 Å². The van der Waals surface area contributed by atoms with Gasteiger partial charge in [0.2, 0.25) is 10.0 Å². The first-order chi connectivity index (χ1) is 12.3. The topological polar surface area (TPSA) is 90.9 Å². The minimum absolute atomic E-state index is 0.0200. The summed E-state index contributed by atoms with van der Waals surface area (Å²) in [6.07, 6.45) is 2.81. The normalized spacial score (nSPS) is 21.1. The number of nitrogens with one attached hydrogen (secondary N) is 1. The second kappa shape index (κ2) is 9.24. The smallest absolute Gasteiger partial charge is 0.457 e. The average molecular weight is 405 g/mol. The van der Waals surface area contributed by atoms with Gasteiger partial charge in [0.1, 0.15) is 0 Å². The van der Waals surface area contributed by atoms with Crippen LogP contribution in [0.4, 0.5) is 0 Å². The molecule has 1 fully saturated rings. The van der Waals surface area contributed by atoms with E-state index in [0.29, 0.717) is 6.42 Å². The molecule has 0 radical (unpaired) electrons. The Morgan fingerprint density at radius 2 is 1.67 bits per heavy atom. The van der Waals surface area contributed by atoms with Crippen molar-refractivity contribution in [3.63, 3.8) is 0 Å². The van der Waals surface area contributed by atoms with Crippen molar-refractivity contribution in [2.45, 2.75) is 85.3 Å². The number of rotatable bonds is 11. The fourth-order valence-corrected chi connectivity index (χ4v) is 3.59. The third-order valence-electron chi connectivity index (χ3n) is 5.55. The van der Waals surface area contributed by atoms with Gasteiger partial charge in [0.25, 0.3) is 0 Å². The lowest BCUT2D eigenvalue weighted by molar-refractivity contribution is -0.154. The largest absolute Gasteiger partial charge is 0.466 e. The maximum Gasteiger partial charge on any atom is 0.457 e. The van der Waals surface area contributed by atoms with Crippen LogP contribution in [0, 0.1) is 5.41 Å². The van der Waals surface area contributed by atoms with Crippen molar-refractivity contribution in [2.24, 2.45) is 5.41 Å². The summed E-state index contributed by atoms with van der Waals surface area (Å²) >= 11 is 0. The summed E-state index contributed by atoms with van der Waals surface area (Å²) in [5, 5.41) is 0. The highest BCUT2D eigenvalue weighted by Crippen LogP contribution is 2.38. The fraction of sp³-hybridized carbons (Fsp3) is 0.944. The van der Waals surface area contributed by atoms with Gasteiger partial charge in [-0.3, -0.25) is 4.79 Å². The summed E-state index contributed by atoms with van der Waals surface area (Å²) in [4.78, 5) is 12.4. The Bertz CT molecular complexity index is 591. The fourth-order valence-electron chi connectivity index (χ4n) is 2.85. The standard InChI is InChI=1S/C18H36BNO6S/c1-8-24-15(21)18(7,14-20-27(22,23)9-2)12-10-11-13-19-25-16(3,4)17(5,6)26-19/h20H,8-14H2,1-7H3. The monoisotopic (exact) mass is 405 g/mol. The molecule has 1 saturated heterocycles. The molecule has 1 aliphatic rings. The third-order valence-corrected chi connectivity index (χ3v) is 6.90. The van der Waals surface area contributed by atoms with Crippen molar-refractivity contribution in [1.29, 1.82) is 0 Å². The Kier molecular flexibility index (Phi) is 8.35. The van der Waals surface area contributed by atoms with E-state index in [-0.39, 0.29) is 43.2 Å². The second-order valence-electron chi connectivity index (χ2n) is 8.44. The van der Waals surface area contributed by atoms with E-state index in [4.69, 9.17) is 14.0 Å². The van der Waals surface area contributed by atoms with Crippen molar-refractivity contribution >= 4 is 23.1 Å². The van der Waals surface area contributed by atoms with Crippen LogP contribution in [-0.4, -0.2) is 51.6 Å². The zero-order valence-corrected chi connectivity index (χ0v) is 18.7. The molecule has 9 heteroatoms. The first-order valence-corrected chi connectivity index (χ1v) is 11.4. The molecule has 1 unspecified atom stereocenters. The highest BCUT2D eigenvalue weighted by atomic mass is 32.2. The Labute approximate surface area is 165 Å². The predicted molar refractivity (Wildman–Crippen MR) is 107 cm³/mol. The van der Waals surface area contributed by atoms with Gasteiger partial charge in [-0.2, -0.15) is 0 Å². The van der Waals surface area contributed by atoms with E-state index in [1.807, 2.05) is 27.7 Å². The van der Waals surface area contributed by atoms with Gasteiger partial charge in [0.05, 0.1) is 29.0 Å². The molecule has 0 aromatic carbocycles. The number of carbonyl (C=O) groups excluding carboxylic acids is 1. The van der Waals surface area contributed by atoms with Gasteiger partial charge in [-0.1, -0.05) is 12.8 Å². The van der Waals surface area contributed by atoms with E-state index in [0.717, 1.165) is 19.2 Å². The summed E-state index contributed by atoms with van der Waals surface area (Å²) in [7, 11) is -3.63. The van der Waals surface area contributed by atoms with E-state index in [1.54, 1.807) is 20.8 Å². The number of carbonyl (C=O) groups is 1. The van der Waals surface area contributed by atoms with Crippen LogP contribution in [0.15, 0.2) is 0 Å². The molecule has 0 aromatic rings. The number of esters is 1. The van der Waals surface area contributed by atoms with Gasteiger partial charge < -0.3 is 14.0 Å². The molecule has 0 saturated carbocycles. The lowest BCUT2D eigenvalue weighted by Gasteiger charge is -2.32. The van der Waals surface area contributed by atoms with E-state index in [2.05, 4.69) is 4.72 Å². The van der Waals surface area contributed by atoms with Crippen LogP contribution < -0.4 is 4.72 Å². The van der Waals surface area contributed by atoms with Crippen LogP contribution in [0.1, 0.15) is 67.7 Å². The van der Waals surface area contributed by atoms with Gasteiger partial charge in [0.15, 0.2) is 0 Å².